The molecule has 6 heteroatoms. The highest BCUT2D eigenvalue weighted by molar-refractivity contribution is 6.63. The third kappa shape index (κ3) is 2.54. The van der Waals surface area contributed by atoms with Gasteiger partial charge in [-0.3, -0.25) is 0 Å². The summed E-state index contributed by atoms with van der Waals surface area (Å²) in [5.41, 5.74) is -0.734. The zero-order chi connectivity index (χ0) is 15.1. The van der Waals surface area contributed by atoms with Gasteiger partial charge in [0, 0.05) is 11.5 Å². The number of halogens is 2. The molecule has 1 fully saturated rings. The van der Waals surface area contributed by atoms with E-state index in [0.717, 1.165) is 12.1 Å². The van der Waals surface area contributed by atoms with Gasteiger partial charge in [-0.05, 0) is 40.7 Å². The normalized spacial score (nSPS) is 20.2. The van der Waals surface area contributed by atoms with E-state index in [2.05, 4.69) is 0 Å². The molecule has 0 saturated carbocycles. The van der Waals surface area contributed by atoms with Crippen LogP contribution >= 0.6 is 0 Å². The molecule has 0 unspecified atom stereocenters. The van der Waals surface area contributed by atoms with Gasteiger partial charge in [-0.25, -0.2) is 8.78 Å². The predicted molar refractivity (Wildman–Crippen MR) is 73.2 cm³/mol. The topological polar surface area (TPSA) is 27.7 Å². The van der Waals surface area contributed by atoms with Crippen molar-refractivity contribution in [2.24, 2.45) is 0 Å². The highest BCUT2D eigenvalue weighted by Gasteiger charge is 2.52. The molecule has 0 aromatic heterocycles. The molecule has 0 atom stereocenters. The standard InChI is InChI=1S/C14H19BF2O3/c1-6-18-12-8-11(17)10(16)7-9(12)15-19-13(2,3)14(4,5)20-15/h7-8H,6H2,1-5H3. The lowest BCUT2D eigenvalue weighted by molar-refractivity contribution is 0.00578. The quantitative estimate of drug-likeness (QED) is 0.799. The van der Waals surface area contributed by atoms with Gasteiger partial charge < -0.3 is 14.0 Å². The van der Waals surface area contributed by atoms with E-state index in [1.807, 2.05) is 27.7 Å². The Balaban J connectivity index is 2.41. The maximum absolute atomic E-state index is 13.5. The van der Waals surface area contributed by atoms with E-state index in [-0.39, 0.29) is 5.75 Å². The SMILES string of the molecule is CCOc1cc(F)c(F)cc1B1OC(C)(C)C(C)(C)O1. The summed E-state index contributed by atoms with van der Waals surface area (Å²) in [7, 11) is -0.781. The maximum atomic E-state index is 13.5. The summed E-state index contributed by atoms with van der Waals surface area (Å²) in [6, 6.07) is 2.10. The van der Waals surface area contributed by atoms with E-state index < -0.39 is 30.0 Å². The second-order valence-corrected chi connectivity index (χ2v) is 5.83. The molecule has 1 aromatic rings. The first-order valence-corrected chi connectivity index (χ1v) is 6.65. The second kappa shape index (κ2) is 5.00. The molecular weight excluding hydrogens is 265 g/mol. The summed E-state index contributed by atoms with van der Waals surface area (Å²) < 4.78 is 43.9. The predicted octanol–water partition coefficient (Wildman–Crippen LogP) is 2.66. The van der Waals surface area contributed by atoms with Gasteiger partial charge in [0.2, 0.25) is 0 Å². The monoisotopic (exact) mass is 284 g/mol. The van der Waals surface area contributed by atoms with Crippen molar-refractivity contribution in [3.8, 4) is 5.75 Å². The van der Waals surface area contributed by atoms with Crippen molar-refractivity contribution in [1.82, 2.24) is 0 Å². The van der Waals surface area contributed by atoms with Crippen molar-refractivity contribution < 1.29 is 22.8 Å². The summed E-state index contributed by atoms with van der Waals surface area (Å²) in [4.78, 5) is 0. The zero-order valence-electron chi connectivity index (χ0n) is 12.4. The van der Waals surface area contributed by atoms with Crippen LogP contribution in [0.2, 0.25) is 0 Å². The van der Waals surface area contributed by atoms with Crippen molar-refractivity contribution in [2.45, 2.75) is 45.8 Å². The molecule has 0 bridgehead atoms. The van der Waals surface area contributed by atoms with Crippen LogP contribution in [-0.2, 0) is 9.31 Å². The Morgan fingerprint density at radius 1 is 1.05 bits per heavy atom. The highest BCUT2D eigenvalue weighted by atomic mass is 19.2. The van der Waals surface area contributed by atoms with E-state index >= 15 is 0 Å². The van der Waals surface area contributed by atoms with Crippen LogP contribution in [0.3, 0.4) is 0 Å². The van der Waals surface area contributed by atoms with Gasteiger partial charge in [-0.1, -0.05) is 0 Å². The highest BCUT2D eigenvalue weighted by Crippen LogP contribution is 2.37. The smallest absolute Gasteiger partial charge is 0.494 e. The molecule has 0 amide bonds. The Labute approximate surface area is 118 Å². The largest absolute Gasteiger partial charge is 0.498 e. The van der Waals surface area contributed by atoms with E-state index in [0.29, 0.717) is 12.1 Å². The zero-order valence-corrected chi connectivity index (χ0v) is 12.4. The molecule has 0 aliphatic carbocycles. The van der Waals surface area contributed by atoms with Crippen LogP contribution in [0.5, 0.6) is 5.75 Å². The molecule has 1 heterocycles. The molecule has 3 nitrogen and oxygen atoms in total. The average Bonchev–Trinajstić information content (AvgIpc) is 2.53. The van der Waals surface area contributed by atoms with Crippen LogP contribution in [0, 0.1) is 11.6 Å². The molecule has 0 spiro atoms. The second-order valence-electron chi connectivity index (χ2n) is 5.83. The van der Waals surface area contributed by atoms with E-state index in [1.165, 1.54) is 0 Å². The Morgan fingerprint density at radius 3 is 2.05 bits per heavy atom. The minimum absolute atomic E-state index is 0.241. The summed E-state index contributed by atoms with van der Waals surface area (Å²) in [5.74, 6) is -1.66. The molecule has 110 valence electrons. The fourth-order valence-corrected chi connectivity index (χ4v) is 1.98. The van der Waals surface area contributed by atoms with E-state index in [9.17, 15) is 8.78 Å². The van der Waals surface area contributed by atoms with Crippen LogP contribution in [0.15, 0.2) is 12.1 Å². The Kier molecular flexibility index (Phi) is 3.82. The van der Waals surface area contributed by atoms with Crippen molar-refractivity contribution in [3.05, 3.63) is 23.8 Å². The van der Waals surface area contributed by atoms with Gasteiger partial charge in [-0.15, -0.1) is 0 Å². The fourth-order valence-electron chi connectivity index (χ4n) is 1.98. The lowest BCUT2D eigenvalue weighted by atomic mass is 9.78. The minimum atomic E-state index is -0.950. The third-order valence-electron chi connectivity index (χ3n) is 3.86. The number of rotatable bonds is 3. The molecule has 1 aromatic carbocycles. The molecule has 1 aliphatic rings. The molecular formula is C14H19BF2O3. The number of hydrogen-bond donors (Lipinski definition) is 0. The van der Waals surface area contributed by atoms with Gasteiger partial charge in [0.05, 0.1) is 17.8 Å². The Hall–Kier alpha value is -1.14. The molecule has 2 rings (SSSR count). The van der Waals surface area contributed by atoms with Gasteiger partial charge in [0.25, 0.3) is 0 Å². The molecule has 20 heavy (non-hydrogen) atoms. The van der Waals surface area contributed by atoms with Gasteiger partial charge in [-0.2, -0.15) is 0 Å². The summed E-state index contributed by atoms with van der Waals surface area (Å²) in [5, 5.41) is 0. The van der Waals surface area contributed by atoms with Crippen molar-refractivity contribution in [3.63, 3.8) is 0 Å². The lowest BCUT2D eigenvalue weighted by Crippen LogP contribution is -2.41. The molecule has 1 saturated heterocycles. The number of hydrogen-bond acceptors (Lipinski definition) is 3. The minimum Gasteiger partial charge on any atom is -0.494 e. The molecule has 0 radical (unpaired) electrons. The summed E-state index contributed by atoms with van der Waals surface area (Å²) in [6.45, 7) is 9.70. The summed E-state index contributed by atoms with van der Waals surface area (Å²) >= 11 is 0. The number of benzene rings is 1. The molecule has 0 N–H and O–H groups in total. The first-order chi connectivity index (χ1) is 9.18. The first kappa shape index (κ1) is 15.3. The van der Waals surface area contributed by atoms with Crippen molar-refractivity contribution in [1.29, 1.82) is 0 Å². The summed E-state index contributed by atoms with van der Waals surface area (Å²) in [6.07, 6.45) is 0. The Bertz CT molecular complexity index is 501. The molecule has 1 aliphatic heterocycles. The first-order valence-electron chi connectivity index (χ1n) is 6.65. The van der Waals surface area contributed by atoms with Crippen molar-refractivity contribution >= 4 is 12.6 Å². The van der Waals surface area contributed by atoms with Gasteiger partial charge in [0.15, 0.2) is 11.6 Å². The van der Waals surface area contributed by atoms with Crippen molar-refractivity contribution in [2.75, 3.05) is 6.61 Å². The van der Waals surface area contributed by atoms with E-state index in [1.54, 1.807) is 6.92 Å². The Morgan fingerprint density at radius 2 is 1.55 bits per heavy atom. The van der Waals surface area contributed by atoms with Crippen LogP contribution in [-0.4, -0.2) is 24.9 Å². The van der Waals surface area contributed by atoms with Crippen LogP contribution in [0.4, 0.5) is 8.78 Å². The van der Waals surface area contributed by atoms with Crippen LogP contribution < -0.4 is 10.2 Å². The average molecular weight is 284 g/mol. The van der Waals surface area contributed by atoms with Crippen LogP contribution in [0.1, 0.15) is 34.6 Å². The van der Waals surface area contributed by atoms with E-state index in [4.69, 9.17) is 14.0 Å². The van der Waals surface area contributed by atoms with Gasteiger partial charge in [0.1, 0.15) is 5.75 Å². The van der Waals surface area contributed by atoms with Gasteiger partial charge >= 0.3 is 7.12 Å². The third-order valence-corrected chi connectivity index (χ3v) is 3.86. The fraction of sp³-hybridized carbons (Fsp3) is 0.571. The lowest BCUT2D eigenvalue weighted by Gasteiger charge is -2.32. The maximum Gasteiger partial charge on any atom is 0.498 e. The van der Waals surface area contributed by atoms with Crippen LogP contribution in [0.25, 0.3) is 0 Å². The number of ether oxygens (including phenoxy) is 1.